The third kappa shape index (κ3) is 4.67. The second-order valence-electron chi connectivity index (χ2n) is 5.66. The molecule has 3 rings (SSSR count). The molecule has 2 heterocycles. The Bertz CT molecular complexity index is 785. The minimum absolute atomic E-state index is 0.0854. The summed E-state index contributed by atoms with van der Waals surface area (Å²) in [7, 11) is 0. The predicted molar refractivity (Wildman–Crippen MR) is 88.2 cm³/mol. The van der Waals surface area contributed by atoms with Crippen molar-refractivity contribution in [3.05, 3.63) is 78.4 Å². The molecule has 0 spiro atoms. The van der Waals surface area contributed by atoms with E-state index in [0.717, 1.165) is 5.69 Å². The molecule has 130 valence electrons. The Morgan fingerprint density at radius 1 is 1.00 bits per heavy atom. The maximum atomic E-state index is 13.3. The van der Waals surface area contributed by atoms with Gasteiger partial charge in [0.25, 0.3) is 0 Å². The van der Waals surface area contributed by atoms with E-state index in [2.05, 4.69) is 15.4 Å². The molecule has 0 amide bonds. The van der Waals surface area contributed by atoms with Crippen LogP contribution in [-0.2, 0) is 13.0 Å². The van der Waals surface area contributed by atoms with Crippen LogP contribution >= 0.6 is 0 Å². The first-order valence-electron chi connectivity index (χ1n) is 7.80. The molecule has 0 radical (unpaired) electrons. The van der Waals surface area contributed by atoms with E-state index in [1.807, 2.05) is 30.3 Å². The van der Waals surface area contributed by atoms with E-state index in [-0.39, 0.29) is 13.0 Å². The maximum Gasteiger partial charge on any atom is 0.404 e. The Morgan fingerprint density at radius 3 is 2.40 bits per heavy atom. The Labute approximate surface area is 143 Å². The Morgan fingerprint density at radius 2 is 1.72 bits per heavy atom. The summed E-state index contributed by atoms with van der Waals surface area (Å²) in [4.78, 5) is 3.83. The van der Waals surface area contributed by atoms with Gasteiger partial charge in [-0.15, -0.1) is 0 Å². The normalized spacial score (nSPS) is 12.9. The first kappa shape index (κ1) is 17.2. The highest BCUT2D eigenvalue weighted by Gasteiger charge is 2.39. The Kier molecular flexibility index (Phi) is 5.14. The summed E-state index contributed by atoms with van der Waals surface area (Å²) in [6.45, 7) is 0.0854. The summed E-state index contributed by atoms with van der Waals surface area (Å²) in [5, 5.41) is 6.79. The lowest BCUT2D eigenvalue weighted by Gasteiger charge is -2.21. The van der Waals surface area contributed by atoms with Crippen LogP contribution in [0.5, 0.6) is 0 Å². The molecule has 3 aromatic rings. The lowest BCUT2D eigenvalue weighted by molar-refractivity contribution is -0.155. The van der Waals surface area contributed by atoms with Crippen LogP contribution in [0.3, 0.4) is 0 Å². The van der Waals surface area contributed by atoms with Crippen LogP contribution in [-0.4, -0.2) is 27.0 Å². The van der Waals surface area contributed by atoms with Crippen LogP contribution in [0.25, 0.3) is 5.69 Å². The van der Waals surface area contributed by atoms with Crippen molar-refractivity contribution in [3.63, 3.8) is 0 Å². The van der Waals surface area contributed by atoms with Gasteiger partial charge in [0.05, 0.1) is 11.9 Å². The third-order valence-electron chi connectivity index (χ3n) is 3.79. The highest BCUT2D eigenvalue weighted by molar-refractivity contribution is 5.30. The van der Waals surface area contributed by atoms with Crippen LogP contribution in [0.4, 0.5) is 13.2 Å². The number of alkyl halides is 3. The summed E-state index contributed by atoms with van der Waals surface area (Å²) in [5.41, 5.74) is 2.13. The van der Waals surface area contributed by atoms with Gasteiger partial charge in [-0.1, -0.05) is 18.2 Å². The van der Waals surface area contributed by atoms with Crippen molar-refractivity contribution in [2.75, 3.05) is 0 Å². The molecule has 0 saturated heterocycles. The molecule has 0 bridgehead atoms. The zero-order valence-corrected chi connectivity index (χ0v) is 13.3. The first-order chi connectivity index (χ1) is 12.0. The molecule has 0 fully saturated rings. The van der Waals surface area contributed by atoms with Gasteiger partial charge < -0.3 is 5.32 Å². The lowest BCUT2D eigenvalue weighted by atomic mass is 10.1. The minimum Gasteiger partial charge on any atom is -0.302 e. The van der Waals surface area contributed by atoms with Crippen LogP contribution < -0.4 is 5.32 Å². The molecule has 0 saturated carbocycles. The van der Waals surface area contributed by atoms with Gasteiger partial charge in [-0.25, -0.2) is 4.68 Å². The molecule has 0 aliphatic rings. The van der Waals surface area contributed by atoms with Gasteiger partial charge in [-0.3, -0.25) is 4.98 Å². The Hall–Kier alpha value is -2.67. The fourth-order valence-electron chi connectivity index (χ4n) is 2.47. The number of hydrogen-bond donors (Lipinski definition) is 1. The topological polar surface area (TPSA) is 42.7 Å². The van der Waals surface area contributed by atoms with Gasteiger partial charge in [0.1, 0.15) is 6.04 Å². The van der Waals surface area contributed by atoms with Gasteiger partial charge in [0.15, 0.2) is 0 Å². The molecule has 2 aromatic heterocycles. The van der Waals surface area contributed by atoms with Crippen LogP contribution in [0.15, 0.2) is 67.3 Å². The number of benzene rings is 1. The number of para-hydroxylation sites is 1. The highest BCUT2D eigenvalue weighted by Crippen LogP contribution is 2.23. The molecule has 0 aliphatic heterocycles. The van der Waals surface area contributed by atoms with Crippen LogP contribution in [0.1, 0.15) is 11.1 Å². The van der Waals surface area contributed by atoms with Crippen LogP contribution in [0.2, 0.25) is 0 Å². The number of aromatic nitrogens is 3. The van der Waals surface area contributed by atoms with Crippen molar-refractivity contribution in [2.45, 2.75) is 25.2 Å². The van der Waals surface area contributed by atoms with E-state index in [9.17, 15) is 13.2 Å². The average Bonchev–Trinajstić information content (AvgIpc) is 3.08. The molecule has 1 unspecified atom stereocenters. The number of halogens is 3. The van der Waals surface area contributed by atoms with E-state index >= 15 is 0 Å². The van der Waals surface area contributed by atoms with E-state index in [4.69, 9.17) is 0 Å². The fraction of sp³-hybridized carbons (Fsp3) is 0.222. The van der Waals surface area contributed by atoms with Gasteiger partial charge >= 0.3 is 6.18 Å². The van der Waals surface area contributed by atoms with E-state index in [1.54, 1.807) is 29.2 Å². The molecular weight excluding hydrogens is 329 g/mol. The van der Waals surface area contributed by atoms with Gasteiger partial charge in [0, 0.05) is 30.7 Å². The number of nitrogens with zero attached hydrogens (tertiary/aromatic N) is 3. The second kappa shape index (κ2) is 7.48. The SMILES string of the molecule is FC(F)(F)C(Cc1ccncc1)NCc1cnn(-c2ccccc2)c1. The smallest absolute Gasteiger partial charge is 0.302 e. The third-order valence-corrected chi connectivity index (χ3v) is 3.79. The van der Waals surface area contributed by atoms with Crippen molar-refractivity contribution >= 4 is 0 Å². The Balaban J connectivity index is 1.66. The molecule has 1 N–H and O–H groups in total. The van der Waals surface area contributed by atoms with Gasteiger partial charge in [-0.2, -0.15) is 18.3 Å². The van der Waals surface area contributed by atoms with Crippen molar-refractivity contribution in [1.82, 2.24) is 20.1 Å². The predicted octanol–water partition coefficient (Wildman–Crippen LogP) is 3.53. The lowest BCUT2D eigenvalue weighted by Crippen LogP contribution is -2.43. The quantitative estimate of drug-likeness (QED) is 0.742. The molecule has 25 heavy (non-hydrogen) atoms. The van der Waals surface area contributed by atoms with Gasteiger partial charge in [0.2, 0.25) is 0 Å². The molecular formula is C18H17F3N4. The standard InChI is InChI=1S/C18H17F3N4/c19-18(20,21)17(10-14-6-8-22-9-7-14)23-11-15-12-24-25(13-15)16-4-2-1-3-5-16/h1-9,12-13,17,23H,10-11H2. The molecule has 1 atom stereocenters. The minimum atomic E-state index is -4.33. The van der Waals surface area contributed by atoms with Crippen molar-refractivity contribution in [3.8, 4) is 5.69 Å². The van der Waals surface area contributed by atoms with Crippen LogP contribution in [0, 0.1) is 0 Å². The summed E-state index contributed by atoms with van der Waals surface area (Å²) in [5.74, 6) is 0. The zero-order valence-electron chi connectivity index (χ0n) is 13.3. The maximum absolute atomic E-state index is 13.3. The fourth-order valence-corrected chi connectivity index (χ4v) is 2.47. The van der Waals surface area contributed by atoms with E-state index in [0.29, 0.717) is 11.1 Å². The van der Waals surface area contributed by atoms with E-state index in [1.165, 1.54) is 12.4 Å². The van der Waals surface area contributed by atoms with Crippen molar-refractivity contribution in [2.24, 2.45) is 0 Å². The monoisotopic (exact) mass is 346 g/mol. The number of hydrogen-bond acceptors (Lipinski definition) is 3. The zero-order chi connectivity index (χ0) is 17.7. The molecule has 4 nitrogen and oxygen atoms in total. The molecule has 0 aliphatic carbocycles. The first-order valence-corrected chi connectivity index (χ1v) is 7.80. The van der Waals surface area contributed by atoms with Crippen molar-refractivity contribution < 1.29 is 13.2 Å². The summed E-state index contributed by atoms with van der Waals surface area (Å²) < 4.78 is 41.5. The summed E-state index contributed by atoms with van der Waals surface area (Å²) >= 11 is 0. The number of nitrogens with one attached hydrogen (secondary N) is 1. The highest BCUT2D eigenvalue weighted by atomic mass is 19.4. The number of pyridine rings is 1. The summed E-state index contributed by atoms with van der Waals surface area (Å²) in [6, 6.07) is 11.0. The molecule has 1 aromatic carbocycles. The summed E-state index contributed by atoms with van der Waals surface area (Å²) in [6.07, 6.45) is 1.80. The largest absolute Gasteiger partial charge is 0.404 e. The number of rotatable bonds is 6. The average molecular weight is 346 g/mol. The van der Waals surface area contributed by atoms with E-state index < -0.39 is 12.2 Å². The second-order valence-corrected chi connectivity index (χ2v) is 5.66. The van der Waals surface area contributed by atoms with Gasteiger partial charge in [-0.05, 0) is 36.2 Å². The van der Waals surface area contributed by atoms with Crippen molar-refractivity contribution in [1.29, 1.82) is 0 Å². The molecule has 7 heteroatoms.